The van der Waals surface area contributed by atoms with Gasteiger partial charge in [0.05, 0.1) is 11.1 Å². The molecule has 0 bridgehead atoms. The van der Waals surface area contributed by atoms with Gasteiger partial charge >= 0.3 is 0 Å². The number of benzene rings is 2. The fourth-order valence-corrected chi connectivity index (χ4v) is 4.71. The van der Waals surface area contributed by atoms with Crippen molar-refractivity contribution in [2.45, 2.75) is 5.03 Å². The van der Waals surface area contributed by atoms with Gasteiger partial charge in [-0.1, -0.05) is 58.0 Å². The zero-order chi connectivity index (χ0) is 18.6. The molecule has 0 radical (unpaired) electrons. The average Bonchev–Trinajstić information content (AvgIpc) is 3.14. The fourth-order valence-electron chi connectivity index (χ4n) is 2.65. The summed E-state index contributed by atoms with van der Waals surface area (Å²) in [6, 6.07) is 17.7. The smallest absolute Gasteiger partial charge is 0.234 e. The van der Waals surface area contributed by atoms with Gasteiger partial charge in [-0.25, -0.2) is 9.97 Å². The molecule has 7 heteroatoms. The van der Waals surface area contributed by atoms with Crippen molar-refractivity contribution in [3.63, 3.8) is 0 Å². The van der Waals surface area contributed by atoms with E-state index in [4.69, 9.17) is 0 Å². The van der Waals surface area contributed by atoms with E-state index in [2.05, 4.69) is 48.7 Å². The molecule has 0 aliphatic rings. The van der Waals surface area contributed by atoms with Gasteiger partial charge in [0.15, 0.2) is 0 Å². The second kappa shape index (κ2) is 8.21. The third kappa shape index (κ3) is 4.21. The van der Waals surface area contributed by atoms with E-state index < -0.39 is 0 Å². The number of thioether (sulfide) groups is 1. The lowest BCUT2D eigenvalue weighted by molar-refractivity contribution is -0.113. The Hall–Kier alpha value is -2.22. The molecule has 0 saturated heterocycles. The zero-order valence-electron chi connectivity index (χ0n) is 14.1. The van der Waals surface area contributed by atoms with E-state index in [9.17, 15) is 4.79 Å². The first-order chi connectivity index (χ1) is 13.2. The maximum Gasteiger partial charge on any atom is 0.234 e. The summed E-state index contributed by atoms with van der Waals surface area (Å²) in [5.41, 5.74) is 3.00. The first-order valence-corrected chi connectivity index (χ1v) is 10.8. The minimum atomic E-state index is -0.0643. The molecule has 2 heterocycles. The Labute approximate surface area is 173 Å². The van der Waals surface area contributed by atoms with Crippen LogP contribution in [0.15, 0.2) is 75.8 Å². The molecule has 0 fully saturated rings. The molecular formula is C20H14BrN3OS2. The summed E-state index contributed by atoms with van der Waals surface area (Å²) >= 11 is 6.41. The largest absolute Gasteiger partial charge is 0.325 e. The summed E-state index contributed by atoms with van der Waals surface area (Å²) in [6.07, 6.45) is 1.56. The maximum atomic E-state index is 12.3. The number of aromatic nitrogens is 2. The normalized spacial score (nSPS) is 10.9. The monoisotopic (exact) mass is 455 g/mol. The van der Waals surface area contributed by atoms with Crippen molar-refractivity contribution >= 4 is 60.8 Å². The lowest BCUT2D eigenvalue weighted by atomic mass is 10.1. The fraction of sp³-hybridized carbons (Fsp3) is 0.0500. The minimum Gasteiger partial charge on any atom is -0.325 e. The first kappa shape index (κ1) is 18.2. The molecular weight excluding hydrogens is 442 g/mol. The second-order valence-corrected chi connectivity index (χ2v) is 8.46. The molecule has 0 atom stereocenters. The molecule has 27 heavy (non-hydrogen) atoms. The van der Waals surface area contributed by atoms with Crippen LogP contribution in [0.1, 0.15) is 0 Å². The van der Waals surface area contributed by atoms with Crippen LogP contribution in [0.25, 0.3) is 21.3 Å². The van der Waals surface area contributed by atoms with Crippen molar-refractivity contribution in [1.82, 2.24) is 9.97 Å². The van der Waals surface area contributed by atoms with Crippen molar-refractivity contribution < 1.29 is 4.79 Å². The van der Waals surface area contributed by atoms with Crippen molar-refractivity contribution in [2.24, 2.45) is 0 Å². The molecule has 0 aliphatic heterocycles. The highest BCUT2D eigenvalue weighted by molar-refractivity contribution is 9.10. The molecule has 0 saturated carbocycles. The molecule has 1 amide bonds. The highest BCUT2D eigenvalue weighted by atomic mass is 79.9. The van der Waals surface area contributed by atoms with Gasteiger partial charge in [0.25, 0.3) is 0 Å². The number of anilines is 1. The number of rotatable bonds is 5. The number of thiophene rings is 1. The summed E-state index contributed by atoms with van der Waals surface area (Å²) in [5, 5.41) is 6.84. The highest BCUT2D eigenvalue weighted by Gasteiger charge is 2.14. The van der Waals surface area contributed by atoms with Crippen LogP contribution in [0.3, 0.4) is 0 Å². The summed E-state index contributed by atoms with van der Waals surface area (Å²) in [5.74, 6) is 0.220. The number of nitrogens with zero attached hydrogens (tertiary/aromatic N) is 2. The van der Waals surface area contributed by atoms with E-state index in [1.54, 1.807) is 17.7 Å². The van der Waals surface area contributed by atoms with Crippen LogP contribution in [0.5, 0.6) is 0 Å². The maximum absolute atomic E-state index is 12.3. The van der Waals surface area contributed by atoms with Crippen molar-refractivity contribution in [1.29, 1.82) is 0 Å². The van der Waals surface area contributed by atoms with Crippen LogP contribution in [-0.2, 0) is 4.79 Å². The van der Waals surface area contributed by atoms with Gasteiger partial charge in [-0.2, -0.15) is 0 Å². The molecule has 1 N–H and O–H groups in total. The van der Waals surface area contributed by atoms with Gasteiger partial charge in [-0.15, -0.1) is 11.3 Å². The number of hydrogen-bond acceptors (Lipinski definition) is 5. The van der Waals surface area contributed by atoms with E-state index in [-0.39, 0.29) is 11.7 Å². The predicted molar refractivity (Wildman–Crippen MR) is 116 cm³/mol. The van der Waals surface area contributed by atoms with Gasteiger partial charge < -0.3 is 5.32 Å². The van der Waals surface area contributed by atoms with E-state index in [1.807, 2.05) is 42.5 Å². The van der Waals surface area contributed by atoms with Crippen LogP contribution in [0, 0.1) is 0 Å². The molecule has 2 aromatic carbocycles. The summed E-state index contributed by atoms with van der Waals surface area (Å²) in [7, 11) is 0. The lowest BCUT2D eigenvalue weighted by Crippen LogP contribution is -2.14. The third-order valence-electron chi connectivity index (χ3n) is 3.89. The first-order valence-electron chi connectivity index (χ1n) is 8.16. The van der Waals surface area contributed by atoms with Crippen LogP contribution in [-0.4, -0.2) is 21.6 Å². The molecule has 0 spiro atoms. The Bertz CT molecular complexity index is 1080. The van der Waals surface area contributed by atoms with Crippen LogP contribution < -0.4 is 5.32 Å². The van der Waals surface area contributed by atoms with E-state index in [0.29, 0.717) is 0 Å². The lowest BCUT2D eigenvalue weighted by Gasteiger charge is -2.07. The van der Waals surface area contributed by atoms with Crippen LogP contribution in [0.4, 0.5) is 5.69 Å². The van der Waals surface area contributed by atoms with E-state index in [1.165, 1.54) is 11.8 Å². The van der Waals surface area contributed by atoms with Crippen molar-refractivity contribution in [3.05, 3.63) is 70.8 Å². The number of carbonyl (C=O) groups excluding carboxylic acids is 1. The Morgan fingerprint density at radius 2 is 1.85 bits per heavy atom. The van der Waals surface area contributed by atoms with Crippen LogP contribution >= 0.6 is 39.0 Å². The second-order valence-electron chi connectivity index (χ2n) is 5.72. The standard InChI is InChI=1S/C20H14BrN3OS2/c21-14-6-8-15(9-7-14)24-17(25)11-27-20-18-16(13-4-2-1-3-5-13)10-26-19(18)22-12-23-20/h1-10,12H,11H2,(H,24,25). The molecule has 0 aliphatic carbocycles. The molecule has 4 aromatic rings. The van der Waals surface area contributed by atoms with Crippen molar-refractivity contribution in [2.75, 3.05) is 11.1 Å². The van der Waals surface area contributed by atoms with Gasteiger partial charge in [0.1, 0.15) is 16.2 Å². The zero-order valence-corrected chi connectivity index (χ0v) is 17.3. The Kier molecular flexibility index (Phi) is 5.52. The third-order valence-corrected chi connectivity index (χ3v) is 6.29. The Morgan fingerprint density at radius 1 is 1.07 bits per heavy atom. The topological polar surface area (TPSA) is 54.9 Å². The molecule has 2 aromatic heterocycles. The molecule has 134 valence electrons. The number of nitrogens with one attached hydrogen (secondary N) is 1. The van der Waals surface area contributed by atoms with Gasteiger partial charge in [-0.3, -0.25) is 4.79 Å². The molecule has 4 rings (SSSR count). The SMILES string of the molecule is O=C(CSc1ncnc2scc(-c3ccccc3)c12)Nc1ccc(Br)cc1. The van der Waals surface area contributed by atoms with E-state index in [0.717, 1.165) is 36.5 Å². The number of amides is 1. The van der Waals surface area contributed by atoms with Crippen LogP contribution in [0.2, 0.25) is 0 Å². The predicted octanol–water partition coefficient (Wildman–Crippen LogP) is 5.85. The van der Waals surface area contributed by atoms with E-state index >= 15 is 0 Å². The minimum absolute atomic E-state index is 0.0643. The Balaban J connectivity index is 1.54. The Morgan fingerprint density at radius 3 is 2.63 bits per heavy atom. The van der Waals surface area contributed by atoms with Gasteiger partial charge in [0, 0.05) is 21.1 Å². The number of fused-ring (bicyclic) bond motifs is 1. The summed E-state index contributed by atoms with van der Waals surface area (Å²) in [4.78, 5) is 22.1. The number of halogens is 1. The van der Waals surface area contributed by atoms with Gasteiger partial charge in [-0.05, 0) is 29.8 Å². The molecule has 0 unspecified atom stereocenters. The summed E-state index contributed by atoms with van der Waals surface area (Å²) in [6.45, 7) is 0. The number of hydrogen-bond donors (Lipinski definition) is 1. The average molecular weight is 456 g/mol. The summed E-state index contributed by atoms with van der Waals surface area (Å²) < 4.78 is 0.976. The highest BCUT2D eigenvalue weighted by Crippen LogP contribution is 2.37. The number of carbonyl (C=O) groups is 1. The van der Waals surface area contributed by atoms with Gasteiger partial charge in [0.2, 0.25) is 5.91 Å². The van der Waals surface area contributed by atoms with Crippen molar-refractivity contribution in [3.8, 4) is 11.1 Å². The quantitative estimate of drug-likeness (QED) is 0.302. The molecule has 4 nitrogen and oxygen atoms in total.